The molecule has 1 amide bonds. The standard InChI is InChI=1S/C25H19F2N7OS/c26-16-7-14(8-17(27)10-16)11-32-25(35)22-24(30-6-5-29-22)31-12-18-2-4-21(36-18)15-1-3-20-19(9-15)23(28)34-13-33-20/h1-10,13H,11-12H2,(H,30,31)(H,32,35)(H2,28,33,34). The molecule has 4 N–H and O–H groups in total. The number of rotatable bonds is 7. The Morgan fingerprint density at radius 3 is 2.56 bits per heavy atom. The maximum atomic E-state index is 13.4. The molecular formula is C25H19F2N7OS. The van der Waals surface area contributed by atoms with Crippen molar-refractivity contribution in [3.8, 4) is 10.4 Å². The van der Waals surface area contributed by atoms with E-state index in [-0.39, 0.29) is 12.2 Å². The molecule has 0 aliphatic heterocycles. The van der Waals surface area contributed by atoms with E-state index in [1.54, 1.807) is 11.3 Å². The summed E-state index contributed by atoms with van der Waals surface area (Å²) in [6.07, 6.45) is 4.32. The largest absolute Gasteiger partial charge is 0.383 e. The van der Waals surface area contributed by atoms with Gasteiger partial charge in [-0.25, -0.2) is 28.7 Å². The number of nitrogens with zero attached hydrogens (tertiary/aromatic N) is 4. The molecule has 0 unspecified atom stereocenters. The number of benzene rings is 2. The number of nitrogens with one attached hydrogen (secondary N) is 2. The first-order chi connectivity index (χ1) is 17.5. The summed E-state index contributed by atoms with van der Waals surface area (Å²) < 4.78 is 26.8. The van der Waals surface area contributed by atoms with Crippen molar-refractivity contribution >= 4 is 39.8 Å². The van der Waals surface area contributed by atoms with E-state index in [1.165, 1.54) is 18.7 Å². The number of fused-ring (bicyclic) bond motifs is 1. The van der Waals surface area contributed by atoms with Crippen molar-refractivity contribution in [2.75, 3.05) is 11.1 Å². The van der Waals surface area contributed by atoms with Gasteiger partial charge < -0.3 is 16.4 Å². The lowest BCUT2D eigenvalue weighted by atomic mass is 10.1. The highest BCUT2D eigenvalue weighted by Gasteiger charge is 2.15. The van der Waals surface area contributed by atoms with Gasteiger partial charge in [-0.3, -0.25) is 4.79 Å². The second-order valence-corrected chi connectivity index (χ2v) is 8.99. The van der Waals surface area contributed by atoms with Crippen LogP contribution >= 0.6 is 11.3 Å². The van der Waals surface area contributed by atoms with Gasteiger partial charge in [-0.2, -0.15) is 0 Å². The Morgan fingerprint density at radius 2 is 1.72 bits per heavy atom. The summed E-state index contributed by atoms with van der Waals surface area (Å²) in [5, 5.41) is 6.56. The van der Waals surface area contributed by atoms with E-state index in [1.807, 2.05) is 30.3 Å². The molecule has 0 bridgehead atoms. The SMILES string of the molecule is Nc1ncnc2ccc(-c3ccc(CNc4nccnc4C(=O)NCc4cc(F)cc(F)c4)s3)cc12. The maximum Gasteiger partial charge on any atom is 0.273 e. The van der Waals surface area contributed by atoms with Crippen molar-refractivity contribution in [2.45, 2.75) is 13.1 Å². The molecular weight excluding hydrogens is 484 g/mol. The first-order valence-electron chi connectivity index (χ1n) is 10.8. The Labute approximate surface area is 208 Å². The van der Waals surface area contributed by atoms with Gasteiger partial charge in [0, 0.05) is 40.1 Å². The van der Waals surface area contributed by atoms with Crippen molar-refractivity contribution in [3.05, 3.63) is 95.0 Å². The molecule has 3 aromatic heterocycles. The molecule has 0 aliphatic rings. The Kier molecular flexibility index (Phi) is 6.46. The van der Waals surface area contributed by atoms with Crippen LogP contribution in [0.2, 0.25) is 0 Å². The van der Waals surface area contributed by atoms with Crippen LogP contribution in [0.3, 0.4) is 0 Å². The normalized spacial score (nSPS) is 10.9. The summed E-state index contributed by atoms with van der Waals surface area (Å²) in [5.41, 5.74) is 8.14. The number of hydrogen-bond donors (Lipinski definition) is 3. The van der Waals surface area contributed by atoms with Crippen LogP contribution in [0, 0.1) is 11.6 Å². The minimum atomic E-state index is -0.711. The highest BCUT2D eigenvalue weighted by Crippen LogP contribution is 2.31. The van der Waals surface area contributed by atoms with Gasteiger partial charge in [-0.05, 0) is 47.5 Å². The molecule has 11 heteroatoms. The van der Waals surface area contributed by atoms with E-state index < -0.39 is 17.5 Å². The van der Waals surface area contributed by atoms with Crippen LogP contribution in [-0.2, 0) is 13.1 Å². The van der Waals surface area contributed by atoms with Crippen molar-refractivity contribution in [1.82, 2.24) is 25.3 Å². The quantitative estimate of drug-likeness (QED) is 0.298. The maximum absolute atomic E-state index is 13.4. The van der Waals surface area contributed by atoms with Crippen molar-refractivity contribution in [3.63, 3.8) is 0 Å². The minimum absolute atomic E-state index is 0.0564. The van der Waals surface area contributed by atoms with Gasteiger partial charge in [0.05, 0.1) is 12.1 Å². The van der Waals surface area contributed by atoms with Crippen LogP contribution in [0.5, 0.6) is 0 Å². The van der Waals surface area contributed by atoms with Gasteiger partial charge in [-0.15, -0.1) is 11.3 Å². The average Bonchev–Trinajstić information content (AvgIpc) is 3.35. The number of anilines is 2. The molecule has 0 saturated heterocycles. The predicted molar refractivity (Wildman–Crippen MR) is 134 cm³/mol. The van der Waals surface area contributed by atoms with Crippen LogP contribution in [-0.4, -0.2) is 25.8 Å². The summed E-state index contributed by atoms with van der Waals surface area (Å²) in [6.45, 7) is 0.358. The predicted octanol–water partition coefficient (Wildman–Crippen LogP) is 4.55. The fraction of sp³-hybridized carbons (Fsp3) is 0.0800. The Morgan fingerprint density at radius 1 is 0.917 bits per heavy atom. The zero-order chi connectivity index (χ0) is 25.1. The molecule has 5 rings (SSSR count). The van der Waals surface area contributed by atoms with E-state index in [0.29, 0.717) is 23.7 Å². The highest BCUT2D eigenvalue weighted by molar-refractivity contribution is 7.15. The summed E-state index contributed by atoms with van der Waals surface area (Å²) in [7, 11) is 0. The molecule has 0 saturated carbocycles. The Hall–Kier alpha value is -4.51. The summed E-state index contributed by atoms with van der Waals surface area (Å²) in [5.74, 6) is -1.21. The minimum Gasteiger partial charge on any atom is -0.383 e. The number of thiophene rings is 1. The fourth-order valence-electron chi connectivity index (χ4n) is 3.64. The van der Waals surface area contributed by atoms with E-state index in [4.69, 9.17) is 5.73 Å². The van der Waals surface area contributed by atoms with Crippen LogP contribution < -0.4 is 16.4 Å². The van der Waals surface area contributed by atoms with Gasteiger partial charge in [-0.1, -0.05) is 6.07 Å². The highest BCUT2D eigenvalue weighted by atomic mass is 32.1. The lowest BCUT2D eigenvalue weighted by Gasteiger charge is -2.10. The molecule has 3 heterocycles. The topological polar surface area (TPSA) is 119 Å². The molecule has 2 aromatic carbocycles. The average molecular weight is 504 g/mol. The third-order valence-corrected chi connectivity index (χ3v) is 6.47. The first kappa shape index (κ1) is 23.2. The Balaban J connectivity index is 1.27. The van der Waals surface area contributed by atoms with Crippen molar-refractivity contribution < 1.29 is 13.6 Å². The summed E-state index contributed by atoms with van der Waals surface area (Å²) >= 11 is 1.58. The molecule has 180 valence electrons. The zero-order valence-corrected chi connectivity index (χ0v) is 19.5. The number of nitrogens with two attached hydrogens (primary N) is 1. The van der Waals surface area contributed by atoms with Gasteiger partial charge in [0.25, 0.3) is 5.91 Å². The van der Waals surface area contributed by atoms with E-state index in [9.17, 15) is 13.6 Å². The number of nitrogen functional groups attached to an aromatic ring is 1. The lowest BCUT2D eigenvalue weighted by molar-refractivity contribution is 0.0946. The lowest BCUT2D eigenvalue weighted by Crippen LogP contribution is -2.25. The molecule has 0 radical (unpaired) electrons. The second kappa shape index (κ2) is 10.0. The number of hydrogen-bond acceptors (Lipinski definition) is 8. The zero-order valence-electron chi connectivity index (χ0n) is 18.7. The third-order valence-electron chi connectivity index (χ3n) is 5.33. The number of carbonyl (C=O) groups is 1. The molecule has 36 heavy (non-hydrogen) atoms. The van der Waals surface area contributed by atoms with Gasteiger partial charge >= 0.3 is 0 Å². The molecule has 0 aliphatic carbocycles. The molecule has 0 fully saturated rings. The number of carbonyl (C=O) groups excluding carboxylic acids is 1. The van der Waals surface area contributed by atoms with Crippen molar-refractivity contribution in [2.24, 2.45) is 0 Å². The number of aromatic nitrogens is 4. The number of halogens is 2. The molecule has 5 aromatic rings. The van der Waals surface area contributed by atoms with Crippen molar-refractivity contribution in [1.29, 1.82) is 0 Å². The summed E-state index contributed by atoms with van der Waals surface area (Å²) in [6, 6.07) is 12.9. The molecule has 0 spiro atoms. The van der Waals surface area contributed by atoms with Crippen LogP contribution in [0.1, 0.15) is 20.9 Å². The van der Waals surface area contributed by atoms with Gasteiger partial charge in [0.1, 0.15) is 23.8 Å². The fourth-order valence-corrected chi connectivity index (χ4v) is 4.59. The Bertz CT molecular complexity index is 1550. The van der Waals surface area contributed by atoms with E-state index >= 15 is 0 Å². The molecule has 0 atom stereocenters. The van der Waals surface area contributed by atoms with E-state index in [0.717, 1.165) is 44.4 Å². The van der Waals surface area contributed by atoms with Crippen LogP contribution in [0.15, 0.2) is 67.3 Å². The van der Waals surface area contributed by atoms with E-state index in [2.05, 4.69) is 30.6 Å². The third kappa shape index (κ3) is 5.10. The van der Waals surface area contributed by atoms with Gasteiger partial charge in [0.15, 0.2) is 11.5 Å². The second-order valence-electron chi connectivity index (χ2n) is 7.82. The monoisotopic (exact) mass is 503 g/mol. The van der Waals surface area contributed by atoms with Gasteiger partial charge in [0.2, 0.25) is 0 Å². The molecule has 8 nitrogen and oxygen atoms in total. The van der Waals surface area contributed by atoms with Crippen LogP contribution in [0.25, 0.3) is 21.3 Å². The summed E-state index contributed by atoms with van der Waals surface area (Å²) in [4.78, 5) is 31.4. The first-order valence-corrected chi connectivity index (χ1v) is 11.7. The smallest absolute Gasteiger partial charge is 0.273 e. The number of amides is 1. The van der Waals surface area contributed by atoms with Crippen LogP contribution in [0.4, 0.5) is 20.4 Å².